The topological polar surface area (TPSA) is 47.8 Å². The molecule has 55 heavy (non-hydrogen) atoms. The first-order chi connectivity index (χ1) is 27.2. The summed E-state index contributed by atoms with van der Waals surface area (Å²) in [6.07, 6.45) is 0. The Morgan fingerprint density at radius 1 is 0.436 bits per heavy atom. The summed E-state index contributed by atoms with van der Waals surface area (Å²) in [7, 11) is -3.18. The zero-order valence-corrected chi connectivity index (χ0v) is 30.6. The van der Waals surface area contributed by atoms with E-state index in [2.05, 4.69) is 132 Å². The summed E-state index contributed by atoms with van der Waals surface area (Å²) in [5.41, 5.74) is 11.3. The number of nitrogens with zero attached hydrogens (tertiary/aromatic N) is 3. The minimum atomic E-state index is -3.18. The van der Waals surface area contributed by atoms with Crippen LogP contribution in [0, 0.1) is 0 Å². The fraction of sp³-hybridized carbons (Fsp3) is 0. The first-order valence-electron chi connectivity index (χ1n) is 18.5. The molecule has 1 aliphatic heterocycles. The van der Waals surface area contributed by atoms with Crippen LogP contribution in [0.3, 0.4) is 0 Å². The van der Waals surface area contributed by atoms with Crippen molar-refractivity contribution in [1.29, 1.82) is 0 Å². The standard InChI is InChI=1S/C50H32N3OP/c54-55(38-15-5-2-6-16-38)46-22-12-9-17-39(46)40-31-32-45-47(49(40)55)42-19-8-11-21-44(42)53(45)37-29-27-36(28-30-37)50-51-43-20-10-7-18-41(43)48(52-50)35-25-23-34(24-26-35)33-13-3-1-4-14-33/h1-32H. The highest BCUT2D eigenvalue weighted by atomic mass is 31.2. The lowest BCUT2D eigenvalue weighted by Crippen LogP contribution is -2.21. The van der Waals surface area contributed by atoms with Crippen LogP contribution in [-0.4, -0.2) is 14.5 Å². The van der Waals surface area contributed by atoms with Gasteiger partial charge < -0.3 is 9.13 Å². The molecule has 0 fully saturated rings. The molecule has 0 saturated heterocycles. The van der Waals surface area contributed by atoms with E-state index in [0.29, 0.717) is 5.82 Å². The molecule has 5 heteroatoms. The molecule has 0 N–H and O–H groups in total. The number of hydrogen-bond acceptors (Lipinski definition) is 3. The quantitative estimate of drug-likeness (QED) is 0.166. The van der Waals surface area contributed by atoms with E-state index in [4.69, 9.17) is 9.97 Å². The molecule has 1 atom stereocenters. The maximum atomic E-state index is 15.7. The van der Waals surface area contributed by atoms with Crippen LogP contribution in [0.4, 0.5) is 0 Å². The maximum absolute atomic E-state index is 15.7. The summed E-state index contributed by atoms with van der Waals surface area (Å²) in [5.74, 6) is 0.675. The third-order valence-electron chi connectivity index (χ3n) is 11.0. The van der Waals surface area contributed by atoms with Gasteiger partial charge in [0.25, 0.3) is 0 Å². The second-order valence-electron chi connectivity index (χ2n) is 14.1. The number of para-hydroxylation sites is 2. The van der Waals surface area contributed by atoms with E-state index in [0.717, 1.165) is 82.3 Å². The molecule has 4 nitrogen and oxygen atoms in total. The number of benzene rings is 8. The van der Waals surface area contributed by atoms with E-state index in [1.54, 1.807) is 0 Å². The Morgan fingerprint density at radius 2 is 1.05 bits per heavy atom. The first-order valence-corrected chi connectivity index (χ1v) is 20.2. The molecule has 8 aromatic carbocycles. The normalized spacial score (nSPS) is 14.7. The van der Waals surface area contributed by atoms with Gasteiger partial charge in [-0.3, -0.25) is 0 Å². The molecule has 1 unspecified atom stereocenters. The molecule has 10 aromatic rings. The predicted octanol–water partition coefficient (Wildman–Crippen LogP) is 11.3. The molecule has 0 amide bonds. The second-order valence-corrected chi connectivity index (χ2v) is 16.7. The van der Waals surface area contributed by atoms with E-state index in [9.17, 15) is 0 Å². The number of hydrogen-bond donors (Lipinski definition) is 0. The van der Waals surface area contributed by atoms with Gasteiger partial charge in [0.05, 0.1) is 22.2 Å². The lowest BCUT2D eigenvalue weighted by molar-refractivity contribution is 0.593. The highest BCUT2D eigenvalue weighted by Crippen LogP contribution is 2.55. The monoisotopic (exact) mass is 721 g/mol. The van der Waals surface area contributed by atoms with Crippen molar-refractivity contribution in [1.82, 2.24) is 14.5 Å². The predicted molar refractivity (Wildman–Crippen MR) is 229 cm³/mol. The zero-order valence-electron chi connectivity index (χ0n) is 29.7. The summed E-state index contributed by atoms with van der Waals surface area (Å²) in [4.78, 5) is 10.2. The highest BCUT2D eigenvalue weighted by molar-refractivity contribution is 7.86. The summed E-state index contributed by atoms with van der Waals surface area (Å²) in [6.45, 7) is 0. The Balaban J connectivity index is 1.05. The Morgan fingerprint density at radius 3 is 1.85 bits per heavy atom. The fourth-order valence-electron chi connectivity index (χ4n) is 8.50. The van der Waals surface area contributed by atoms with Gasteiger partial charge in [0, 0.05) is 48.9 Å². The zero-order chi connectivity index (χ0) is 36.5. The van der Waals surface area contributed by atoms with E-state index >= 15 is 4.57 Å². The van der Waals surface area contributed by atoms with Crippen LogP contribution in [0.15, 0.2) is 194 Å². The van der Waals surface area contributed by atoms with Crippen LogP contribution in [0.2, 0.25) is 0 Å². The lowest BCUT2D eigenvalue weighted by atomic mass is 10.0. The molecular formula is C50H32N3OP. The molecule has 258 valence electrons. The summed E-state index contributed by atoms with van der Waals surface area (Å²) >= 11 is 0. The molecule has 11 rings (SSSR count). The molecule has 0 aliphatic carbocycles. The molecular weight excluding hydrogens is 690 g/mol. The number of fused-ring (bicyclic) bond motifs is 8. The van der Waals surface area contributed by atoms with Crippen LogP contribution >= 0.6 is 7.14 Å². The van der Waals surface area contributed by atoms with Crippen molar-refractivity contribution in [2.45, 2.75) is 0 Å². The van der Waals surface area contributed by atoms with Crippen molar-refractivity contribution in [3.63, 3.8) is 0 Å². The van der Waals surface area contributed by atoms with Gasteiger partial charge in [-0.2, -0.15) is 0 Å². The second kappa shape index (κ2) is 12.3. The third kappa shape index (κ3) is 4.82. The number of aromatic nitrogens is 3. The Bertz CT molecular complexity index is 3150. The van der Waals surface area contributed by atoms with Crippen molar-refractivity contribution < 1.29 is 4.57 Å². The van der Waals surface area contributed by atoms with Crippen LogP contribution in [0.25, 0.3) is 83.3 Å². The van der Waals surface area contributed by atoms with Crippen molar-refractivity contribution in [3.8, 4) is 50.6 Å². The van der Waals surface area contributed by atoms with Gasteiger partial charge in [0.2, 0.25) is 0 Å². The largest absolute Gasteiger partial charge is 0.309 e. The van der Waals surface area contributed by atoms with Gasteiger partial charge in [-0.25, -0.2) is 9.97 Å². The van der Waals surface area contributed by atoms with Gasteiger partial charge in [-0.05, 0) is 64.7 Å². The van der Waals surface area contributed by atoms with Gasteiger partial charge >= 0.3 is 0 Å². The van der Waals surface area contributed by atoms with E-state index in [-0.39, 0.29) is 0 Å². The molecule has 0 radical (unpaired) electrons. The molecule has 0 bridgehead atoms. The van der Waals surface area contributed by atoms with Gasteiger partial charge in [0.1, 0.15) is 0 Å². The van der Waals surface area contributed by atoms with Crippen molar-refractivity contribution in [2.75, 3.05) is 0 Å². The van der Waals surface area contributed by atoms with Gasteiger partial charge in [-0.15, -0.1) is 0 Å². The molecule has 2 aromatic heterocycles. The summed E-state index contributed by atoms with van der Waals surface area (Å²) in [6, 6.07) is 66.8. The molecule has 1 aliphatic rings. The highest BCUT2D eigenvalue weighted by Gasteiger charge is 2.42. The fourth-order valence-corrected chi connectivity index (χ4v) is 11.8. The average molecular weight is 722 g/mol. The third-order valence-corrected chi connectivity index (χ3v) is 14.2. The molecule has 0 spiro atoms. The van der Waals surface area contributed by atoms with Crippen molar-refractivity contribution >= 4 is 55.8 Å². The van der Waals surface area contributed by atoms with Crippen LogP contribution < -0.4 is 15.9 Å². The van der Waals surface area contributed by atoms with Crippen LogP contribution in [-0.2, 0) is 4.57 Å². The summed E-state index contributed by atoms with van der Waals surface area (Å²) < 4.78 is 18.0. The van der Waals surface area contributed by atoms with Crippen LogP contribution in [0.1, 0.15) is 0 Å². The minimum absolute atomic E-state index is 0.675. The molecule has 3 heterocycles. The lowest BCUT2D eigenvalue weighted by Gasteiger charge is -2.17. The Kier molecular flexibility index (Phi) is 7.10. The van der Waals surface area contributed by atoms with E-state index in [1.807, 2.05) is 66.7 Å². The average Bonchev–Trinajstić information content (AvgIpc) is 3.74. The van der Waals surface area contributed by atoms with Crippen molar-refractivity contribution in [3.05, 3.63) is 194 Å². The van der Waals surface area contributed by atoms with Crippen LogP contribution in [0.5, 0.6) is 0 Å². The molecule has 0 saturated carbocycles. The van der Waals surface area contributed by atoms with E-state index in [1.165, 1.54) is 11.1 Å². The smallest absolute Gasteiger partial charge is 0.172 e. The number of rotatable bonds is 5. The van der Waals surface area contributed by atoms with Crippen molar-refractivity contribution in [2.24, 2.45) is 0 Å². The first kappa shape index (κ1) is 31.6. The Labute approximate surface area is 318 Å². The van der Waals surface area contributed by atoms with E-state index < -0.39 is 7.14 Å². The van der Waals surface area contributed by atoms with Gasteiger partial charge in [-0.1, -0.05) is 152 Å². The minimum Gasteiger partial charge on any atom is -0.309 e. The van der Waals surface area contributed by atoms with Gasteiger partial charge in [0.15, 0.2) is 13.0 Å². The SMILES string of the molecule is O=P1(c2ccccc2)c2ccccc2-c2ccc3c(c21)c1ccccc1n3-c1ccc(-c2nc(-c3ccc(-c4ccccc4)cc3)c3ccccc3n2)cc1. The maximum Gasteiger partial charge on any atom is 0.172 e. The summed E-state index contributed by atoms with van der Waals surface area (Å²) in [5, 5.41) is 5.84. The Hall–Kier alpha value is -6.87.